The predicted molar refractivity (Wildman–Crippen MR) is 89.3 cm³/mol. The summed E-state index contributed by atoms with van der Waals surface area (Å²) in [6.07, 6.45) is 0.345. The van der Waals surface area contributed by atoms with Gasteiger partial charge in [-0.2, -0.15) is 0 Å². The van der Waals surface area contributed by atoms with Crippen LogP contribution in [-0.2, 0) is 11.3 Å². The van der Waals surface area contributed by atoms with Crippen LogP contribution in [0.2, 0.25) is 0 Å². The Hall–Kier alpha value is -2.69. The van der Waals surface area contributed by atoms with Gasteiger partial charge in [-0.05, 0) is 53.8 Å². The second-order valence-electron chi connectivity index (χ2n) is 5.49. The third kappa shape index (κ3) is 5.14. The van der Waals surface area contributed by atoms with Crippen LogP contribution >= 0.6 is 0 Å². The van der Waals surface area contributed by atoms with Gasteiger partial charge in [0.1, 0.15) is 18.1 Å². The monoisotopic (exact) mass is 345 g/mol. The maximum absolute atomic E-state index is 12.3. The minimum atomic E-state index is -4.68. The molecule has 1 aliphatic carbocycles. The van der Waals surface area contributed by atoms with Crippen molar-refractivity contribution in [2.75, 3.05) is 0 Å². The molecular formula is C20H16F3O2. The van der Waals surface area contributed by atoms with E-state index in [9.17, 15) is 13.2 Å². The molecule has 2 aromatic carbocycles. The van der Waals surface area contributed by atoms with E-state index in [1.165, 1.54) is 12.2 Å². The molecule has 2 nitrogen and oxygen atoms in total. The molecule has 0 saturated heterocycles. The van der Waals surface area contributed by atoms with E-state index in [1.807, 2.05) is 48.9 Å². The summed E-state index contributed by atoms with van der Waals surface area (Å²) in [5, 5.41) is 0. The first-order valence-electron chi connectivity index (χ1n) is 7.77. The molecule has 0 atom stereocenters. The van der Waals surface area contributed by atoms with Crippen molar-refractivity contribution in [3.63, 3.8) is 0 Å². The molecule has 0 aliphatic heterocycles. The number of halogens is 3. The van der Waals surface area contributed by atoms with Crippen molar-refractivity contribution in [2.24, 2.45) is 0 Å². The molecule has 0 spiro atoms. The Morgan fingerprint density at radius 2 is 1.64 bits per heavy atom. The largest absolute Gasteiger partial charge is 0.573 e. The number of benzene rings is 2. The number of rotatable bonds is 5. The molecule has 2 aromatic rings. The van der Waals surface area contributed by atoms with Gasteiger partial charge >= 0.3 is 6.36 Å². The summed E-state index contributed by atoms with van der Waals surface area (Å²) >= 11 is 0. The Kier molecular flexibility index (Phi) is 5.12. The van der Waals surface area contributed by atoms with E-state index >= 15 is 0 Å². The van der Waals surface area contributed by atoms with E-state index in [1.54, 1.807) is 12.1 Å². The number of ether oxygens (including phenoxy) is 2. The van der Waals surface area contributed by atoms with Crippen LogP contribution in [0, 0.1) is 6.42 Å². The van der Waals surface area contributed by atoms with Crippen molar-refractivity contribution in [2.45, 2.75) is 19.4 Å². The van der Waals surface area contributed by atoms with Crippen molar-refractivity contribution in [3.05, 3.63) is 90.1 Å². The van der Waals surface area contributed by atoms with Crippen LogP contribution in [0.5, 0.6) is 5.75 Å². The van der Waals surface area contributed by atoms with Crippen LogP contribution in [0.3, 0.4) is 0 Å². The fraction of sp³-hybridized carbons (Fsp3) is 0.150. The number of hydrogen-bond donors (Lipinski definition) is 0. The first kappa shape index (κ1) is 17.1. The Morgan fingerprint density at radius 1 is 0.920 bits per heavy atom. The first-order valence-corrected chi connectivity index (χ1v) is 7.77. The summed E-state index contributed by atoms with van der Waals surface area (Å²) in [5.41, 5.74) is 2.56. The van der Waals surface area contributed by atoms with Crippen molar-refractivity contribution in [1.82, 2.24) is 0 Å². The van der Waals surface area contributed by atoms with Crippen LogP contribution < -0.4 is 4.74 Å². The van der Waals surface area contributed by atoms with Gasteiger partial charge in [-0.1, -0.05) is 42.5 Å². The van der Waals surface area contributed by atoms with Crippen LogP contribution in [0.25, 0.3) is 5.57 Å². The normalized spacial score (nSPS) is 14.5. The fourth-order valence-electron chi connectivity index (χ4n) is 2.46. The Balaban J connectivity index is 1.65. The van der Waals surface area contributed by atoms with E-state index in [0.717, 1.165) is 11.1 Å². The molecule has 129 valence electrons. The van der Waals surface area contributed by atoms with Crippen LogP contribution in [0.15, 0.2) is 72.5 Å². The van der Waals surface area contributed by atoms with Gasteiger partial charge in [-0.25, -0.2) is 0 Å². The average molecular weight is 345 g/mol. The van der Waals surface area contributed by atoms with E-state index < -0.39 is 6.36 Å². The lowest BCUT2D eigenvalue weighted by Crippen LogP contribution is -2.13. The number of hydrogen-bond acceptors (Lipinski definition) is 2. The summed E-state index contributed by atoms with van der Waals surface area (Å²) in [6.45, 7) is 0.460. The van der Waals surface area contributed by atoms with Crippen LogP contribution in [0.1, 0.15) is 17.5 Å². The van der Waals surface area contributed by atoms with Crippen molar-refractivity contribution < 1.29 is 22.6 Å². The summed E-state index contributed by atoms with van der Waals surface area (Å²) < 4.78 is 46.7. The summed E-state index contributed by atoms with van der Waals surface area (Å²) in [7, 11) is 0. The van der Waals surface area contributed by atoms with Crippen molar-refractivity contribution >= 4 is 5.57 Å². The molecular weight excluding hydrogens is 329 g/mol. The molecule has 0 bridgehead atoms. The molecule has 0 amide bonds. The molecule has 0 N–H and O–H groups in total. The molecule has 5 heteroatoms. The summed E-state index contributed by atoms with van der Waals surface area (Å²) in [6, 6.07) is 17.0. The van der Waals surface area contributed by atoms with E-state index in [4.69, 9.17) is 4.74 Å². The summed E-state index contributed by atoms with van der Waals surface area (Å²) in [4.78, 5) is 0. The third-order valence-corrected chi connectivity index (χ3v) is 3.62. The fourth-order valence-corrected chi connectivity index (χ4v) is 2.46. The van der Waals surface area contributed by atoms with Gasteiger partial charge in [0, 0.05) is 0 Å². The second-order valence-corrected chi connectivity index (χ2v) is 5.49. The van der Waals surface area contributed by atoms with Gasteiger partial charge in [0.25, 0.3) is 0 Å². The SMILES string of the molecule is FC(F)(F)OC1=CC[CH]C(c2ccc(OCc3ccccc3)cc2)=C1. The molecule has 0 heterocycles. The molecule has 3 rings (SSSR count). The Morgan fingerprint density at radius 3 is 2.32 bits per heavy atom. The predicted octanol–water partition coefficient (Wildman–Crippen LogP) is 5.68. The summed E-state index contributed by atoms with van der Waals surface area (Å²) in [5.74, 6) is 0.515. The zero-order valence-electron chi connectivity index (χ0n) is 13.3. The Labute approximate surface area is 144 Å². The van der Waals surface area contributed by atoms with Gasteiger partial charge in [0.15, 0.2) is 0 Å². The first-order chi connectivity index (χ1) is 12.0. The zero-order valence-corrected chi connectivity index (χ0v) is 13.3. The lowest BCUT2D eigenvalue weighted by molar-refractivity contribution is -0.303. The molecule has 0 saturated carbocycles. The minimum absolute atomic E-state index is 0.186. The lowest BCUT2D eigenvalue weighted by atomic mass is 9.96. The van der Waals surface area contributed by atoms with Gasteiger partial charge in [-0.15, -0.1) is 13.2 Å². The molecule has 0 aromatic heterocycles. The van der Waals surface area contributed by atoms with Crippen molar-refractivity contribution in [3.8, 4) is 5.75 Å². The van der Waals surface area contributed by atoms with E-state index in [-0.39, 0.29) is 5.76 Å². The second kappa shape index (κ2) is 7.47. The van der Waals surface area contributed by atoms with Gasteiger partial charge in [0.05, 0.1) is 0 Å². The highest BCUT2D eigenvalue weighted by atomic mass is 19.4. The maximum atomic E-state index is 12.3. The average Bonchev–Trinajstić information content (AvgIpc) is 2.60. The van der Waals surface area contributed by atoms with Crippen molar-refractivity contribution in [1.29, 1.82) is 0 Å². The number of alkyl halides is 3. The smallest absolute Gasteiger partial charge is 0.489 e. The minimum Gasteiger partial charge on any atom is -0.489 e. The highest BCUT2D eigenvalue weighted by Crippen LogP contribution is 2.30. The van der Waals surface area contributed by atoms with Gasteiger partial charge < -0.3 is 9.47 Å². The molecule has 0 unspecified atom stereocenters. The molecule has 1 radical (unpaired) electrons. The topological polar surface area (TPSA) is 18.5 Å². The van der Waals surface area contributed by atoms with Crippen LogP contribution in [-0.4, -0.2) is 6.36 Å². The standard InChI is InChI=1S/C20H16F3O2/c21-20(22,23)25-19-8-4-7-17(13-19)16-9-11-18(12-10-16)24-14-15-5-2-1-3-6-15/h1-3,5-13H,4,14H2. The Bertz CT molecular complexity index is 760. The molecule has 1 aliphatic rings. The highest BCUT2D eigenvalue weighted by molar-refractivity contribution is 5.75. The van der Waals surface area contributed by atoms with E-state index in [2.05, 4.69) is 4.74 Å². The quantitative estimate of drug-likeness (QED) is 0.694. The maximum Gasteiger partial charge on any atom is 0.573 e. The molecule has 0 fully saturated rings. The van der Waals surface area contributed by atoms with E-state index in [0.29, 0.717) is 24.4 Å². The highest BCUT2D eigenvalue weighted by Gasteiger charge is 2.32. The van der Waals surface area contributed by atoms with Gasteiger partial charge in [0.2, 0.25) is 0 Å². The van der Waals surface area contributed by atoms with Gasteiger partial charge in [-0.3, -0.25) is 0 Å². The third-order valence-electron chi connectivity index (χ3n) is 3.62. The molecule has 25 heavy (non-hydrogen) atoms. The lowest BCUT2D eigenvalue weighted by Gasteiger charge is -2.16. The van der Waals surface area contributed by atoms with Crippen LogP contribution in [0.4, 0.5) is 13.2 Å². The number of allylic oxidation sites excluding steroid dienone is 3. The zero-order chi connectivity index (χ0) is 17.7.